The lowest BCUT2D eigenvalue weighted by molar-refractivity contribution is -0.116. The van der Waals surface area contributed by atoms with Crippen molar-refractivity contribution in [2.24, 2.45) is 11.7 Å². The third-order valence-corrected chi connectivity index (χ3v) is 2.98. The molecule has 106 valence electrons. The zero-order valence-electron chi connectivity index (χ0n) is 11.3. The van der Waals surface area contributed by atoms with Crippen LogP contribution in [0.4, 0.5) is 5.69 Å². The van der Waals surface area contributed by atoms with Crippen molar-refractivity contribution < 1.29 is 14.3 Å². The summed E-state index contributed by atoms with van der Waals surface area (Å²) in [7, 11) is 3.03. The molecule has 5 nitrogen and oxygen atoms in total. The predicted molar refractivity (Wildman–Crippen MR) is 76.0 cm³/mol. The van der Waals surface area contributed by atoms with E-state index in [0.29, 0.717) is 35.2 Å². The number of benzene rings is 1. The third-order valence-electron chi connectivity index (χ3n) is 2.68. The van der Waals surface area contributed by atoms with Gasteiger partial charge < -0.3 is 20.5 Å². The molecule has 1 amide bonds. The smallest absolute Gasteiger partial charge is 0.224 e. The van der Waals surface area contributed by atoms with Gasteiger partial charge in [-0.3, -0.25) is 4.79 Å². The van der Waals surface area contributed by atoms with E-state index in [1.807, 2.05) is 6.92 Å². The highest BCUT2D eigenvalue weighted by Gasteiger charge is 2.14. The summed E-state index contributed by atoms with van der Waals surface area (Å²) < 4.78 is 10.3. The Balaban J connectivity index is 2.88. The second-order valence-electron chi connectivity index (χ2n) is 4.28. The normalized spacial score (nSPS) is 11.8. The monoisotopic (exact) mass is 286 g/mol. The largest absolute Gasteiger partial charge is 0.495 e. The summed E-state index contributed by atoms with van der Waals surface area (Å²) in [5.74, 6) is 0.985. The molecule has 1 aromatic carbocycles. The highest BCUT2D eigenvalue weighted by atomic mass is 35.5. The Bertz CT molecular complexity index is 452. The Kier molecular flexibility index (Phi) is 5.92. The standard InChI is InChI=1S/C13H19ClN2O3/c1-8(7-15)4-13(17)16-10-5-9(14)11(18-2)6-12(10)19-3/h5-6,8H,4,7,15H2,1-3H3,(H,16,17). The molecule has 0 aliphatic carbocycles. The first-order chi connectivity index (χ1) is 9.01. The van der Waals surface area contributed by atoms with Gasteiger partial charge in [0.15, 0.2) is 0 Å². The van der Waals surface area contributed by atoms with E-state index in [9.17, 15) is 4.79 Å². The van der Waals surface area contributed by atoms with Crippen molar-refractivity contribution in [1.29, 1.82) is 0 Å². The topological polar surface area (TPSA) is 73.6 Å². The minimum atomic E-state index is -0.127. The molecule has 0 spiro atoms. The second kappa shape index (κ2) is 7.21. The number of carbonyl (C=O) groups excluding carboxylic acids is 1. The summed E-state index contributed by atoms with van der Waals surface area (Å²) in [6.07, 6.45) is 0.350. The molecule has 1 aromatic rings. The van der Waals surface area contributed by atoms with Crippen LogP contribution in [-0.2, 0) is 4.79 Å². The Morgan fingerprint density at radius 3 is 2.53 bits per heavy atom. The summed E-state index contributed by atoms with van der Waals surface area (Å²) >= 11 is 6.02. The average Bonchev–Trinajstić information content (AvgIpc) is 2.38. The van der Waals surface area contributed by atoms with Crippen LogP contribution < -0.4 is 20.5 Å². The summed E-state index contributed by atoms with van der Waals surface area (Å²) in [6.45, 7) is 2.38. The average molecular weight is 287 g/mol. The summed E-state index contributed by atoms with van der Waals surface area (Å²) in [6, 6.07) is 3.23. The highest BCUT2D eigenvalue weighted by Crippen LogP contribution is 2.35. The van der Waals surface area contributed by atoms with Crippen LogP contribution in [0.3, 0.4) is 0 Å². The van der Waals surface area contributed by atoms with E-state index in [1.54, 1.807) is 12.1 Å². The van der Waals surface area contributed by atoms with Crippen LogP contribution in [-0.4, -0.2) is 26.7 Å². The number of methoxy groups -OCH3 is 2. The molecule has 0 radical (unpaired) electrons. The van der Waals surface area contributed by atoms with Crippen molar-refractivity contribution in [3.05, 3.63) is 17.2 Å². The zero-order valence-corrected chi connectivity index (χ0v) is 12.1. The third kappa shape index (κ3) is 4.29. The molecular weight excluding hydrogens is 268 g/mol. The van der Waals surface area contributed by atoms with Crippen LogP contribution in [0, 0.1) is 5.92 Å². The number of nitrogens with one attached hydrogen (secondary N) is 1. The maximum atomic E-state index is 11.8. The maximum Gasteiger partial charge on any atom is 0.224 e. The molecule has 1 atom stereocenters. The summed E-state index contributed by atoms with van der Waals surface area (Å²) in [5.41, 5.74) is 6.01. The fourth-order valence-electron chi connectivity index (χ4n) is 1.56. The lowest BCUT2D eigenvalue weighted by Crippen LogP contribution is -2.20. The lowest BCUT2D eigenvalue weighted by atomic mass is 10.1. The van der Waals surface area contributed by atoms with Gasteiger partial charge in [-0.15, -0.1) is 0 Å². The fourth-order valence-corrected chi connectivity index (χ4v) is 1.80. The van der Waals surface area contributed by atoms with E-state index in [-0.39, 0.29) is 11.8 Å². The minimum absolute atomic E-state index is 0.125. The molecule has 1 rings (SSSR count). The number of rotatable bonds is 6. The molecule has 0 aliphatic heterocycles. The number of amides is 1. The molecular formula is C13H19ClN2O3. The van der Waals surface area contributed by atoms with Crippen molar-refractivity contribution in [2.75, 3.05) is 26.1 Å². The van der Waals surface area contributed by atoms with Gasteiger partial charge in [0.1, 0.15) is 11.5 Å². The molecule has 1 unspecified atom stereocenters. The minimum Gasteiger partial charge on any atom is -0.495 e. The summed E-state index contributed by atoms with van der Waals surface area (Å²) in [4.78, 5) is 11.8. The Morgan fingerprint density at radius 2 is 2.00 bits per heavy atom. The van der Waals surface area contributed by atoms with E-state index in [0.717, 1.165) is 0 Å². The number of halogens is 1. The van der Waals surface area contributed by atoms with Gasteiger partial charge in [0, 0.05) is 12.5 Å². The fraction of sp³-hybridized carbons (Fsp3) is 0.462. The zero-order chi connectivity index (χ0) is 14.4. The van der Waals surface area contributed by atoms with Crippen molar-refractivity contribution in [1.82, 2.24) is 0 Å². The van der Waals surface area contributed by atoms with E-state index in [1.165, 1.54) is 14.2 Å². The van der Waals surface area contributed by atoms with E-state index >= 15 is 0 Å². The van der Waals surface area contributed by atoms with Crippen LogP contribution in [0.5, 0.6) is 11.5 Å². The molecule has 0 fully saturated rings. The Hall–Kier alpha value is -1.46. The van der Waals surface area contributed by atoms with Crippen molar-refractivity contribution in [3.8, 4) is 11.5 Å². The number of ether oxygens (including phenoxy) is 2. The molecule has 3 N–H and O–H groups in total. The number of anilines is 1. The molecule has 0 aliphatic rings. The lowest BCUT2D eigenvalue weighted by Gasteiger charge is -2.14. The first kappa shape index (κ1) is 15.6. The number of carbonyl (C=O) groups is 1. The predicted octanol–water partition coefficient (Wildman–Crippen LogP) is 2.28. The molecule has 19 heavy (non-hydrogen) atoms. The van der Waals surface area contributed by atoms with Crippen LogP contribution in [0.25, 0.3) is 0 Å². The van der Waals surface area contributed by atoms with Gasteiger partial charge in [-0.2, -0.15) is 0 Å². The van der Waals surface area contributed by atoms with Crippen LogP contribution in [0.2, 0.25) is 5.02 Å². The first-order valence-corrected chi connectivity index (χ1v) is 6.31. The number of hydrogen-bond acceptors (Lipinski definition) is 4. The molecule has 6 heteroatoms. The molecule has 0 aromatic heterocycles. The van der Waals surface area contributed by atoms with Gasteiger partial charge in [0.05, 0.1) is 24.9 Å². The number of nitrogens with two attached hydrogens (primary N) is 1. The van der Waals surface area contributed by atoms with E-state index < -0.39 is 0 Å². The number of hydrogen-bond donors (Lipinski definition) is 2. The first-order valence-electron chi connectivity index (χ1n) is 5.93. The Morgan fingerprint density at radius 1 is 1.37 bits per heavy atom. The molecule has 0 heterocycles. The van der Waals surface area contributed by atoms with Crippen LogP contribution >= 0.6 is 11.6 Å². The van der Waals surface area contributed by atoms with Crippen molar-refractivity contribution >= 4 is 23.2 Å². The maximum absolute atomic E-state index is 11.8. The van der Waals surface area contributed by atoms with Gasteiger partial charge in [-0.05, 0) is 18.5 Å². The van der Waals surface area contributed by atoms with Gasteiger partial charge in [0.2, 0.25) is 5.91 Å². The van der Waals surface area contributed by atoms with Crippen LogP contribution in [0.15, 0.2) is 12.1 Å². The molecule has 0 bridgehead atoms. The van der Waals surface area contributed by atoms with Gasteiger partial charge in [-0.25, -0.2) is 0 Å². The van der Waals surface area contributed by atoms with Gasteiger partial charge >= 0.3 is 0 Å². The summed E-state index contributed by atoms with van der Waals surface area (Å²) in [5, 5.41) is 3.17. The SMILES string of the molecule is COc1cc(OC)c(NC(=O)CC(C)CN)cc1Cl. The highest BCUT2D eigenvalue weighted by molar-refractivity contribution is 6.32. The molecule has 0 saturated heterocycles. The van der Waals surface area contributed by atoms with Crippen molar-refractivity contribution in [2.45, 2.75) is 13.3 Å². The quantitative estimate of drug-likeness (QED) is 0.841. The van der Waals surface area contributed by atoms with Crippen LogP contribution in [0.1, 0.15) is 13.3 Å². The molecule has 0 saturated carbocycles. The Labute approximate surface area is 118 Å². The second-order valence-corrected chi connectivity index (χ2v) is 4.69. The van der Waals surface area contributed by atoms with E-state index in [2.05, 4.69) is 5.32 Å². The van der Waals surface area contributed by atoms with E-state index in [4.69, 9.17) is 26.8 Å². The van der Waals surface area contributed by atoms with Gasteiger partial charge in [0.25, 0.3) is 0 Å². The van der Waals surface area contributed by atoms with Gasteiger partial charge in [-0.1, -0.05) is 18.5 Å². The van der Waals surface area contributed by atoms with Crippen molar-refractivity contribution in [3.63, 3.8) is 0 Å².